The molecule has 2 atom stereocenters. The first-order valence-electron chi connectivity index (χ1n) is 6.66. The van der Waals surface area contributed by atoms with Gasteiger partial charge in [-0.15, -0.1) is 0 Å². The maximum Gasteiger partial charge on any atom is 0.322 e. The highest BCUT2D eigenvalue weighted by Crippen LogP contribution is 2.11. The van der Waals surface area contributed by atoms with Gasteiger partial charge in [-0.1, -0.05) is 13.8 Å². The number of carbonyl (C=O) groups excluding carboxylic acids is 2. The fourth-order valence-corrected chi connectivity index (χ4v) is 2.19. The van der Waals surface area contributed by atoms with Crippen LogP contribution in [0.1, 0.15) is 39.5 Å². The monoisotopic (exact) mass is 256 g/mol. The summed E-state index contributed by atoms with van der Waals surface area (Å²) < 4.78 is 4.79. The first-order chi connectivity index (χ1) is 8.54. The molecule has 0 bridgehead atoms. The van der Waals surface area contributed by atoms with Crippen molar-refractivity contribution in [1.82, 2.24) is 10.6 Å². The Balaban J connectivity index is 2.62. The maximum absolute atomic E-state index is 11.8. The zero-order valence-corrected chi connectivity index (χ0v) is 11.5. The van der Waals surface area contributed by atoms with Gasteiger partial charge in [0.1, 0.15) is 6.04 Å². The molecule has 1 amide bonds. The third-order valence-corrected chi connectivity index (χ3v) is 3.13. The van der Waals surface area contributed by atoms with Crippen molar-refractivity contribution in [3.63, 3.8) is 0 Å². The predicted octanol–water partition coefficient (Wildman–Crippen LogP) is 0.832. The summed E-state index contributed by atoms with van der Waals surface area (Å²) in [6, 6.07) is -0.681. The number of methoxy groups -OCH3 is 1. The SMILES string of the molecule is COC(=O)C(CC(C)C)NC1CCCCNC1=O. The number of ether oxygens (including phenoxy) is 1. The van der Waals surface area contributed by atoms with Gasteiger partial charge in [-0.3, -0.25) is 14.9 Å². The molecular formula is C13H24N2O3. The van der Waals surface area contributed by atoms with Gasteiger partial charge in [-0.25, -0.2) is 0 Å². The van der Waals surface area contributed by atoms with E-state index in [9.17, 15) is 9.59 Å². The van der Waals surface area contributed by atoms with Crippen LogP contribution in [0.3, 0.4) is 0 Å². The van der Waals surface area contributed by atoms with Gasteiger partial charge in [0.2, 0.25) is 5.91 Å². The van der Waals surface area contributed by atoms with Crippen molar-refractivity contribution >= 4 is 11.9 Å². The van der Waals surface area contributed by atoms with Crippen LogP contribution >= 0.6 is 0 Å². The van der Waals surface area contributed by atoms with Crippen LogP contribution in [0.15, 0.2) is 0 Å². The first kappa shape index (κ1) is 15.0. The second-order valence-electron chi connectivity index (χ2n) is 5.21. The van der Waals surface area contributed by atoms with Crippen molar-refractivity contribution in [1.29, 1.82) is 0 Å². The van der Waals surface area contributed by atoms with Gasteiger partial charge >= 0.3 is 5.97 Å². The average Bonchev–Trinajstić information content (AvgIpc) is 2.52. The second kappa shape index (κ2) is 7.36. The molecule has 1 heterocycles. The van der Waals surface area contributed by atoms with Gasteiger partial charge in [0.15, 0.2) is 0 Å². The number of nitrogens with one attached hydrogen (secondary N) is 2. The van der Waals surface area contributed by atoms with Crippen LogP contribution in [0.2, 0.25) is 0 Å². The van der Waals surface area contributed by atoms with E-state index < -0.39 is 6.04 Å². The van der Waals surface area contributed by atoms with Gasteiger partial charge in [-0.05, 0) is 31.6 Å². The molecule has 1 aliphatic heterocycles. The van der Waals surface area contributed by atoms with Crippen LogP contribution in [-0.2, 0) is 14.3 Å². The van der Waals surface area contributed by atoms with Crippen LogP contribution in [0.25, 0.3) is 0 Å². The number of hydrogen-bond donors (Lipinski definition) is 2. The Labute approximate surface area is 109 Å². The zero-order chi connectivity index (χ0) is 13.5. The van der Waals surface area contributed by atoms with E-state index in [0.717, 1.165) is 25.8 Å². The molecule has 5 nitrogen and oxygen atoms in total. The third kappa shape index (κ3) is 4.64. The second-order valence-corrected chi connectivity index (χ2v) is 5.21. The largest absolute Gasteiger partial charge is 0.468 e. The van der Waals surface area contributed by atoms with Crippen LogP contribution in [0.4, 0.5) is 0 Å². The first-order valence-corrected chi connectivity index (χ1v) is 6.66. The Bertz CT molecular complexity index is 292. The molecule has 0 aromatic heterocycles. The number of esters is 1. The van der Waals surface area contributed by atoms with E-state index in [1.165, 1.54) is 7.11 Å². The van der Waals surface area contributed by atoms with E-state index in [4.69, 9.17) is 4.74 Å². The quantitative estimate of drug-likeness (QED) is 0.715. The highest BCUT2D eigenvalue weighted by atomic mass is 16.5. The van der Waals surface area contributed by atoms with Gasteiger partial charge in [0.05, 0.1) is 13.2 Å². The lowest BCUT2D eigenvalue weighted by Crippen LogP contribution is -2.50. The number of rotatable bonds is 5. The van der Waals surface area contributed by atoms with Crippen molar-refractivity contribution in [2.24, 2.45) is 5.92 Å². The highest BCUT2D eigenvalue weighted by molar-refractivity contribution is 5.83. The van der Waals surface area contributed by atoms with Crippen molar-refractivity contribution in [2.75, 3.05) is 13.7 Å². The van der Waals surface area contributed by atoms with E-state index in [0.29, 0.717) is 12.3 Å². The molecule has 2 unspecified atom stereocenters. The lowest BCUT2D eigenvalue weighted by atomic mass is 10.0. The van der Waals surface area contributed by atoms with Gasteiger partial charge < -0.3 is 10.1 Å². The third-order valence-electron chi connectivity index (χ3n) is 3.13. The molecule has 0 aromatic carbocycles. The molecule has 0 saturated carbocycles. The van der Waals surface area contributed by atoms with Gasteiger partial charge in [-0.2, -0.15) is 0 Å². The average molecular weight is 256 g/mol. The van der Waals surface area contributed by atoms with Gasteiger partial charge in [0.25, 0.3) is 0 Å². The lowest BCUT2D eigenvalue weighted by molar-refractivity contribution is -0.144. The molecule has 2 N–H and O–H groups in total. The number of carbonyl (C=O) groups is 2. The fraction of sp³-hybridized carbons (Fsp3) is 0.846. The zero-order valence-electron chi connectivity index (χ0n) is 11.5. The van der Waals surface area contributed by atoms with E-state index in [1.54, 1.807) is 0 Å². The molecule has 104 valence electrons. The topological polar surface area (TPSA) is 67.4 Å². The minimum atomic E-state index is -0.399. The molecule has 0 spiro atoms. The molecule has 0 aliphatic carbocycles. The molecule has 1 fully saturated rings. The number of amides is 1. The molecule has 1 rings (SSSR count). The van der Waals surface area contributed by atoms with E-state index in [2.05, 4.69) is 10.6 Å². The summed E-state index contributed by atoms with van der Waals surface area (Å²) in [6.45, 7) is 4.82. The summed E-state index contributed by atoms with van der Waals surface area (Å²) in [4.78, 5) is 23.5. The Kier molecular flexibility index (Phi) is 6.12. The predicted molar refractivity (Wildman–Crippen MR) is 69.0 cm³/mol. The van der Waals surface area contributed by atoms with Crippen LogP contribution in [-0.4, -0.2) is 37.6 Å². The van der Waals surface area contributed by atoms with Crippen molar-refractivity contribution in [3.8, 4) is 0 Å². The molecule has 0 aromatic rings. The Morgan fingerprint density at radius 2 is 2.22 bits per heavy atom. The molecule has 1 saturated heterocycles. The summed E-state index contributed by atoms with van der Waals surface area (Å²) in [5.74, 6) is 0.0707. The number of hydrogen-bond acceptors (Lipinski definition) is 4. The van der Waals surface area contributed by atoms with Crippen molar-refractivity contribution < 1.29 is 14.3 Å². The van der Waals surface area contributed by atoms with Crippen LogP contribution < -0.4 is 10.6 Å². The normalized spacial score (nSPS) is 22.2. The van der Waals surface area contributed by atoms with Crippen LogP contribution in [0, 0.1) is 5.92 Å². The standard InChI is InChI=1S/C13H24N2O3/c1-9(2)8-11(13(17)18-3)15-10-6-4-5-7-14-12(10)16/h9-11,15H,4-8H2,1-3H3,(H,14,16). The summed E-state index contributed by atoms with van der Waals surface area (Å²) in [6.07, 6.45) is 3.44. The summed E-state index contributed by atoms with van der Waals surface area (Å²) >= 11 is 0. The summed E-state index contributed by atoms with van der Waals surface area (Å²) in [7, 11) is 1.38. The maximum atomic E-state index is 11.8. The highest BCUT2D eigenvalue weighted by Gasteiger charge is 2.28. The van der Waals surface area contributed by atoms with Crippen molar-refractivity contribution in [3.05, 3.63) is 0 Å². The minimum absolute atomic E-state index is 0.00911. The van der Waals surface area contributed by atoms with Crippen LogP contribution in [0.5, 0.6) is 0 Å². The molecule has 18 heavy (non-hydrogen) atoms. The Morgan fingerprint density at radius 3 is 2.83 bits per heavy atom. The van der Waals surface area contributed by atoms with Crippen molar-refractivity contribution in [2.45, 2.75) is 51.6 Å². The van der Waals surface area contributed by atoms with E-state index in [1.807, 2.05) is 13.8 Å². The smallest absolute Gasteiger partial charge is 0.322 e. The summed E-state index contributed by atoms with van der Waals surface area (Å²) in [5.41, 5.74) is 0. The molecule has 0 radical (unpaired) electrons. The van der Waals surface area contributed by atoms with Gasteiger partial charge in [0, 0.05) is 6.54 Å². The fourth-order valence-electron chi connectivity index (χ4n) is 2.19. The minimum Gasteiger partial charge on any atom is -0.468 e. The summed E-state index contributed by atoms with van der Waals surface area (Å²) in [5, 5.41) is 6.00. The molecule has 5 heteroatoms. The van der Waals surface area contributed by atoms with E-state index in [-0.39, 0.29) is 17.9 Å². The lowest BCUT2D eigenvalue weighted by Gasteiger charge is -2.23. The Hall–Kier alpha value is -1.10. The Morgan fingerprint density at radius 1 is 1.50 bits per heavy atom. The molecule has 1 aliphatic rings. The molecular weight excluding hydrogens is 232 g/mol. The van der Waals surface area contributed by atoms with E-state index >= 15 is 0 Å².